The molecule has 0 spiro atoms. The van der Waals surface area contributed by atoms with Crippen LogP contribution in [0.5, 0.6) is 5.75 Å². The van der Waals surface area contributed by atoms with Gasteiger partial charge in [-0.05, 0) is 50.1 Å². The van der Waals surface area contributed by atoms with Gasteiger partial charge in [0.05, 0.1) is 6.26 Å². The first kappa shape index (κ1) is 25.8. The van der Waals surface area contributed by atoms with Gasteiger partial charge >= 0.3 is 0 Å². The van der Waals surface area contributed by atoms with Gasteiger partial charge in [-0.25, -0.2) is 0 Å². The molecule has 0 fully saturated rings. The molecule has 0 aliphatic heterocycles. The van der Waals surface area contributed by atoms with E-state index in [-0.39, 0.29) is 35.6 Å². The first-order valence-corrected chi connectivity index (χ1v) is 9.88. The van der Waals surface area contributed by atoms with Gasteiger partial charge in [0.2, 0.25) is 0 Å². The van der Waals surface area contributed by atoms with Gasteiger partial charge in [0.25, 0.3) is 5.91 Å². The number of phenolic OH excluding ortho intramolecular Hbond substituents is 1. The predicted octanol–water partition coefficient (Wildman–Crippen LogP) is 2.89. The molecule has 1 heterocycles. The molecule has 0 unspecified atom stereocenters. The van der Waals surface area contributed by atoms with Gasteiger partial charge in [-0.1, -0.05) is 6.07 Å². The van der Waals surface area contributed by atoms with Crippen LogP contribution in [-0.2, 0) is 11.3 Å². The molecule has 2 rings (SSSR count). The highest BCUT2D eigenvalue weighted by molar-refractivity contribution is 14.0. The maximum atomic E-state index is 12.0. The summed E-state index contributed by atoms with van der Waals surface area (Å²) in [5, 5.41) is 18.7. The van der Waals surface area contributed by atoms with Gasteiger partial charge in [-0.2, -0.15) is 0 Å². The molecule has 2 aromatic rings. The Balaban J connectivity index is 0.00000450. The fraction of sp³-hybridized carbons (Fsp3) is 0.429. The summed E-state index contributed by atoms with van der Waals surface area (Å²) >= 11 is 0. The van der Waals surface area contributed by atoms with Crippen molar-refractivity contribution in [2.24, 2.45) is 4.99 Å². The molecule has 0 aliphatic rings. The normalized spacial score (nSPS) is 10.9. The highest BCUT2D eigenvalue weighted by atomic mass is 127. The minimum Gasteiger partial charge on any atom is -0.508 e. The number of phenols is 1. The summed E-state index contributed by atoms with van der Waals surface area (Å²) in [4.78, 5) is 16.5. The SMILES string of the molecule is CCNC(=NCCCNC(=O)c1cccc(O)c1)NCCCOCc1ccco1.I. The molecular formula is C21H31IN4O4. The van der Waals surface area contributed by atoms with E-state index in [2.05, 4.69) is 20.9 Å². The quantitative estimate of drug-likeness (QED) is 0.146. The van der Waals surface area contributed by atoms with Crippen molar-refractivity contribution >= 4 is 35.8 Å². The number of guanidine groups is 1. The first-order chi connectivity index (χ1) is 14.2. The average Bonchev–Trinajstić information content (AvgIpc) is 3.23. The lowest BCUT2D eigenvalue weighted by atomic mass is 10.2. The number of hydrogen-bond donors (Lipinski definition) is 4. The zero-order valence-corrected chi connectivity index (χ0v) is 19.6. The van der Waals surface area contributed by atoms with Crippen LogP contribution >= 0.6 is 24.0 Å². The average molecular weight is 530 g/mol. The van der Waals surface area contributed by atoms with Crippen LogP contribution in [0.3, 0.4) is 0 Å². The van der Waals surface area contributed by atoms with Crippen LogP contribution in [0, 0.1) is 0 Å². The number of hydrogen-bond acceptors (Lipinski definition) is 5. The fourth-order valence-corrected chi connectivity index (χ4v) is 2.51. The lowest BCUT2D eigenvalue weighted by Gasteiger charge is -2.11. The van der Waals surface area contributed by atoms with E-state index in [1.807, 2.05) is 19.1 Å². The molecule has 166 valence electrons. The third-order valence-electron chi connectivity index (χ3n) is 3.93. The molecule has 0 atom stereocenters. The van der Waals surface area contributed by atoms with Crippen molar-refractivity contribution in [1.29, 1.82) is 0 Å². The molecule has 0 saturated heterocycles. The highest BCUT2D eigenvalue weighted by Gasteiger charge is 2.05. The summed E-state index contributed by atoms with van der Waals surface area (Å²) in [6.07, 6.45) is 3.20. The van der Waals surface area contributed by atoms with Gasteiger partial charge in [0.1, 0.15) is 18.1 Å². The summed E-state index contributed by atoms with van der Waals surface area (Å²) < 4.78 is 10.8. The van der Waals surface area contributed by atoms with Crippen LogP contribution in [0.25, 0.3) is 0 Å². The molecule has 30 heavy (non-hydrogen) atoms. The second kappa shape index (κ2) is 15.6. The summed E-state index contributed by atoms with van der Waals surface area (Å²) in [5.74, 6) is 1.45. The molecule has 0 radical (unpaired) electrons. The van der Waals surface area contributed by atoms with Crippen LogP contribution in [0.1, 0.15) is 35.9 Å². The van der Waals surface area contributed by atoms with E-state index >= 15 is 0 Å². The minimum atomic E-state index is -0.204. The standard InChI is InChI=1S/C21H30N4O4.HI/c1-2-22-21(25-12-6-13-28-16-19-9-4-14-29-19)24-11-5-10-23-20(27)17-7-3-8-18(26)15-17;/h3-4,7-9,14-15,26H,2,5-6,10-13,16H2,1H3,(H,23,27)(H2,22,24,25);1H. The third kappa shape index (κ3) is 10.5. The Morgan fingerprint density at radius 1 is 1.13 bits per heavy atom. The second-order valence-electron chi connectivity index (χ2n) is 6.33. The monoisotopic (exact) mass is 530 g/mol. The molecule has 0 aliphatic carbocycles. The molecular weight excluding hydrogens is 499 g/mol. The Morgan fingerprint density at radius 2 is 1.97 bits per heavy atom. The fourth-order valence-electron chi connectivity index (χ4n) is 2.51. The van der Waals surface area contributed by atoms with E-state index in [0.717, 1.165) is 31.2 Å². The number of furan rings is 1. The van der Waals surface area contributed by atoms with E-state index in [0.29, 0.717) is 38.3 Å². The van der Waals surface area contributed by atoms with Crippen molar-refractivity contribution in [3.8, 4) is 5.75 Å². The van der Waals surface area contributed by atoms with Gasteiger partial charge in [-0.3, -0.25) is 9.79 Å². The summed E-state index contributed by atoms with van der Waals surface area (Å²) in [6, 6.07) is 10.0. The van der Waals surface area contributed by atoms with Crippen molar-refractivity contribution < 1.29 is 19.1 Å². The van der Waals surface area contributed by atoms with E-state index < -0.39 is 0 Å². The van der Waals surface area contributed by atoms with E-state index in [4.69, 9.17) is 9.15 Å². The number of amides is 1. The molecule has 1 amide bonds. The number of carbonyl (C=O) groups is 1. The number of rotatable bonds is 12. The number of ether oxygens (including phenoxy) is 1. The minimum absolute atomic E-state index is 0. The number of benzene rings is 1. The topological polar surface area (TPSA) is 108 Å². The molecule has 1 aromatic heterocycles. The van der Waals surface area contributed by atoms with E-state index in [9.17, 15) is 9.90 Å². The maximum Gasteiger partial charge on any atom is 0.251 e. The number of nitrogens with zero attached hydrogens (tertiary/aromatic N) is 1. The Bertz CT molecular complexity index is 753. The van der Waals surface area contributed by atoms with Crippen molar-refractivity contribution in [3.05, 3.63) is 54.0 Å². The van der Waals surface area contributed by atoms with Crippen molar-refractivity contribution in [1.82, 2.24) is 16.0 Å². The van der Waals surface area contributed by atoms with Crippen molar-refractivity contribution in [3.63, 3.8) is 0 Å². The first-order valence-electron chi connectivity index (χ1n) is 9.88. The second-order valence-corrected chi connectivity index (χ2v) is 6.33. The van der Waals surface area contributed by atoms with E-state index in [1.54, 1.807) is 18.4 Å². The zero-order valence-electron chi connectivity index (χ0n) is 17.2. The predicted molar refractivity (Wildman–Crippen MR) is 127 cm³/mol. The smallest absolute Gasteiger partial charge is 0.251 e. The molecule has 0 bridgehead atoms. The molecule has 4 N–H and O–H groups in total. The van der Waals surface area contributed by atoms with Crippen LogP contribution < -0.4 is 16.0 Å². The van der Waals surface area contributed by atoms with Crippen LogP contribution in [0.15, 0.2) is 52.1 Å². The summed E-state index contributed by atoms with van der Waals surface area (Å²) in [5.41, 5.74) is 0.442. The summed E-state index contributed by atoms with van der Waals surface area (Å²) in [7, 11) is 0. The largest absolute Gasteiger partial charge is 0.508 e. The molecule has 0 saturated carbocycles. The number of carbonyl (C=O) groups excluding carboxylic acids is 1. The third-order valence-corrected chi connectivity index (χ3v) is 3.93. The lowest BCUT2D eigenvalue weighted by Crippen LogP contribution is -2.38. The lowest BCUT2D eigenvalue weighted by molar-refractivity contribution is 0.0953. The number of aliphatic imine (C=N–C) groups is 1. The zero-order chi connectivity index (χ0) is 20.7. The van der Waals surface area contributed by atoms with Crippen molar-refractivity contribution in [2.45, 2.75) is 26.4 Å². The Labute approximate surface area is 194 Å². The Kier molecular flexibility index (Phi) is 13.4. The molecule has 1 aromatic carbocycles. The summed E-state index contributed by atoms with van der Waals surface area (Å²) in [6.45, 7) is 5.75. The van der Waals surface area contributed by atoms with Gasteiger partial charge in [-0.15, -0.1) is 24.0 Å². The molecule has 9 heteroatoms. The van der Waals surface area contributed by atoms with E-state index in [1.165, 1.54) is 12.1 Å². The number of halogens is 1. The van der Waals surface area contributed by atoms with Crippen LogP contribution in [-0.4, -0.2) is 49.8 Å². The number of aromatic hydroxyl groups is 1. The van der Waals surface area contributed by atoms with Crippen molar-refractivity contribution in [2.75, 3.05) is 32.8 Å². The number of nitrogens with one attached hydrogen (secondary N) is 3. The van der Waals surface area contributed by atoms with Crippen LogP contribution in [0.2, 0.25) is 0 Å². The van der Waals surface area contributed by atoms with Gasteiger partial charge < -0.3 is 30.2 Å². The van der Waals surface area contributed by atoms with Gasteiger partial charge in [0.15, 0.2) is 5.96 Å². The maximum absolute atomic E-state index is 12.0. The highest BCUT2D eigenvalue weighted by Crippen LogP contribution is 2.10. The Hall–Kier alpha value is -2.27. The van der Waals surface area contributed by atoms with Gasteiger partial charge in [0, 0.05) is 38.3 Å². The Morgan fingerprint density at radius 3 is 2.70 bits per heavy atom. The molecule has 8 nitrogen and oxygen atoms in total. The van der Waals surface area contributed by atoms with Crippen LogP contribution in [0.4, 0.5) is 0 Å².